The van der Waals surface area contributed by atoms with E-state index in [2.05, 4.69) is 50.5 Å². The molecule has 0 bridgehead atoms. The van der Waals surface area contributed by atoms with Crippen LogP contribution in [-0.4, -0.2) is 26.9 Å². The van der Waals surface area contributed by atoms with Crippen LogP contribution in [0.5, 0.6) is 0 Å². The minimum absolute atomic E-state index is 0. The molecule has 0 nitrogen and oxygen atoms in total. The second-order valence-corrected chi connectivity index (χ2v) is 10.4. The largest absolute Gasteiger partial charge is 1.00 e. The molecule has 0 unspecified atom stereocenters. The zero-order valence-corrected chi connectivity index (χ0v) is 11.9. The van der Waals surface area contributed by atoms with E-state index in [9.17, 15) is 0 Å². The minimum Gasteiger partial charge on any atom is -0.213 e. The van der Waals surface area contributed by atoms with Gasteiger partial charge in [0.05, 0.1) is 0 Å². The number of hydrogen-bond donors (Lipinski definition) is 0. The van der Waals surface area contributed by atoms with Crippen LogP contribution in [0, 0.1) is 0 Å². The molecule has 0 saturated heterocycles. The maximum absolute atomic E-state index is 4.15. The summed E-state index contributed by atoms with van der Waals surface area (Å²) in [7, 11) is -0.953. The van der Waals surface area contributed by atoms with Crippen molar-refractivity contribution in [3.8, 4) is 0 Å². The van der Waals surface area contributed by atoms with Gasteiger partial charge < -0.3 is 0 Å². The summed E-state index contributed by atoms with van der Waals surface area (Å²) in [6, 6.07) is 9.79. The van der Waals surface area contributed by atoms with Crippen LogP contribution >= 0.6 is 0 Å². The number of hydrogen-bond acceptors (Lipinski definition) is 0. The minimum atomic E-state index is -0.953. The quantitative estimate of drug-likeness (QED) is 0.381. The third kappa shape index (κ3) is 8.32. The summed E-state index contributed by atoms with van der Waals surface area (Å²) >= 11 is 0. The van der Waals surface area contributed by atoms with Gasteiger partial charge in [0, 0.05) is 26.9 Å². The molecule has 1 rings (SSSR count). The Hall–Kier alpha value is 0.502. The van der Waals surface area contributed by atoms with Crippen LogP contribution in [0.1, 0.15) is 5.56 Å². The summed E-state index contributed by atoms with van der Waals surface area (Å²) in [5, 5.41) is 0. The zero-order chi connectivity index (χ0) is 9.90. The van der Waals surface area contributed by atoms with Crippen molar-refractivity contribution in [2.75, 3.05) is 0 Å². The molecule has 1 radical (unpaired) electrons. The van der Waals surface area contributed by atoms with Crippen molar-refractivity contribution in [1.82, 2.24) is 0 Å². The predicted octanol–water partition coefficient (Wildman–Crippen LogP) is 0.466. The molecule has 0 N–H and O–H groups in total. The molecule has 0 amide bonds. The van der Waals surface area contributed by atoms with E-state index in [1.807, 2.05) is 0 Å². The fraction of sp³-hybridized carbons (Fsp3) is 0.417. The van der Waals surface area contributed by atoms with E-state index >= 15 is 0 Å². The molecule has 0 aliphatic carbocycles. The van der Waals surface area contributed by atoms with Gasteiger partial charge in [-0.2, -0.15) is 17.7 Å². The van der Waals surface area contributed by atoms with E-state index in [0.717, 1.165) is 6.42 Å². The van der Waals surface area contributed by atoms with Crippen LogP contribution in [0.15, 0.2) is 36.4 Å². The van der Waals surface area contributed by atoms with Gasteiger partial charge in [-0.3, -0.25) is 0 Å². The maximum atomic E-state index is 4.15. The molecule has 0 fully saturated rings. The fourth-order valence-electron chi connectivity index (χ4n) is 1.63. The Kier molecular flexibility index (Phi) is 9.21. The van der Waals surface area contributed by atoms with Crippen LogP contribution in [-0.2, 0) is 6.42 Å². The molecular weight excluding hydrogens is 186 g/mol. The first-order chi connectivity index (χ1) is 5.97. The SMILES string of the molecule is C=C(C[c-]1cccc1)C[Si](C)(C)C.[Li+].[Li]. The average molecular weight is 205 g/mol. The monoisotopic (exact) mass is 205 g/mol. The van der Waals surface area contributed by atoms with Crippen molar-refractivity contribution >= 4 is 26.9 Å². The van der Waals surface area contributed by atoms with Gasteiger partial charge in [0.15, 0.2) is 0 Å². The van der Waals surface area contributed by atoms with Crippen molar-refractivity contribution in [2.45, 2.75) is 32.1 Å². The van der Waals surface area contributed by atoms with Gasteiger partial charge in [0.25, 0.3) is 0 Å². The molecule has 73 valence electrons. The van der Waals surface area contributed by atoms with Gasteiger partial charge in [0.1, 0.15) is 0 Å². The Labute approximate surface area is 119 Å². The predicted molar refractivity (Wildman–Crippen MR) is 68.8 cm³/mol. The second-order valence-electron chi connectivity index (χ2n) is 4.96. The first-order valence-electron chi connectivity index (χ1n) is 4.85. The standard InChI is InChI=1S/C12H19Si.2Li/c1-11(10-13(2,3)4)9-12-7-5-6-8-12;;/h5-8H,1,9-10H2,2-4H3;;/q-1;;+1. The van der Waals surface area contributed by atoms with Gasteiger partial charge in [-0.1, -0.05) is 31.6 Å². The molecule has 0 saturated carbocycles. The molecule has 0 atom stereocenters. The zero-order valence-electron chi connectivity index (χ0n) is 10.9. The Morgan fingerprint density at radius 3 is 2.07 bits per heavy atom. The normalized spacial score (nSPS) is 10.1. The Bertz CT molecular complexity index is 270. The third-order valence-electron chi connectivity index (χ3n) is 1.97. The van der Waals surface area contributed by atoms with Gasteiger partial charge in [-0.15, -0.1) is 6.58 Å². The van der Waals surface area contributed by atoms with Crippen LogP contribution in [0.4, 0.5) is 0 Å². The molecule has 0 aliphatic rings. The Balaban J connectivity index is 0. The molecular formula is C12H19Li2Si. The van der Waals surface area contributed by atoms with E-state index in [-0.39, 0.29) is 37.7 Å². The van der Waals surface area contributed by atoms with Gasteiger partial charge in [0.2, 0.25) is 0 Å². The summed E-state index contributed by atoms with van der Waals surface area (Å²) in [5.41, 5.74) is 2.80. The Morgan fingerprint density at radius 1 is 1.20 bits per heavy atom. The summed E-state index contributed by atoms with van der Waals surface area (Å²) < 4.78 is 0. The first kappa shape index (κ1) is 17.9. The van der Waals surface area contributed by atoms with Gasteiger partial charge in [-0.05, 0) is 6.04 Å². The molecule has 0 spiro atoms. The molecule has 15 heavy (non-hydrogen) atoms. The van der Waals surface area contributed by atoms with Crippen LogP contribution in [0.3, 0.4) is 0 Å². The molecule has 1 aromatic carbocycles. The van der Waals surface area contributed by atoms with Gasteiger partial charge >= 0.3 is 18.9 Å². The fourth-order valence-corrected chi connectivity index (χ4v) is 3.26. The Morgan fingerprint density at radius 2 is 1.67 bits per heavy atom. The number of rotatable bonds is 4. The smallest absolute Gasteiger partial charge is 0.213 e. The number of allylic oxidation sites excluding steroid dienone is 1. The van der Waals surface area contributed by atoms with Crippen LogP contribution in [0.25, 0.3) is 0 Å². The van der Waals surface area contributed by atoms with E-state index < -0.39 is 8.07 Å². The average Bonchev–Trinajstić information content (AvgIpc) is 2.34. The maximum Gasteiger partial charge on any atom is 1.00 e. The van der Waals surface area contributed by atoms with E-state index in [1.54, 1.807) is 0 Å². The third-order valence-corrected chi connectivity index (χ3v) is 3.53. The summed E-state index contributed by atoms with van der Waals surface area (Å²) in [6.45, 7) is 11.3. The van der Waals surface area contributed by atoms with Crippen molar-refractivity contribution in [3.05, 3.63) is 42.0 Å². The summed E-state index contributed by atoms with van der Waals surface area (Å²) in [6.07, 6.45) is 1.07. The van der Waals surface area contributed by atoms with E-state index in [1.165, 1.54) is 17.2 Å². The first-order valence-corrected chi connectivity index (χ1v) is 8.55. The molecule has 0 aliphatic heterocycles. The van der Waals surface area contributed by atoms with Crippen molar-refractivity contribution in [1.29, 1.82) is 0 Å². The van der Waals surface area contributed by atoms with Gasteiger partial charge in [-0.25, -0.2) is 12.1 Å². The van der Waals surface area contributed by atoms with Crippen LogP contribution < -0.4 is 18.9 Å². The van der Waals surface area contributed by atoms with Crippen molar-refractivity contribution in [2.24, 2.45) is 0 Å². The van der Waals surface area contributed by atoms with Crippen molar-refractivity contribution < 1.29 is 18.9 Å². The van der Waals surface area contributed by atoms with E-state index in [4.69, 9.17) is 0 Å². The summed E-state index contributed by atoms with van der Waals surface area (Å²) in [4.78, 5) is 0. The van der Waals surface area contributed by atoms with Crippen molar-refractivity contribution in [3.63, 3.8) is 0 Å². The topological polar surface area (TPSA) is 0 Å². The van der Waals surface area contributed by atoms with Crippen LogP contribution in [0.2, 0.25) is 25.7 Å². The molecule has 1 aromatic rings. The van der Waals surface area contributed by atoms with E-state index in [0.29, 0.717) is 0 Å². The molecule has 3 heteroatoms. The molecule has 0 aromatic heterocycles. The second kappa shape index (κ2) is 7.72. The summed E-state index contributed by atoms with van der Waals surface area (Å²) in [5.74, 6) is 0. The molecule has 0 heterocycles.